The minimum atomic E-state index is 0.135. The molecule has 0 bridgehead atoms. The maximum Gasteiger partial charge on any atom is 0.123 e. The lowest BCUT2D eigenvalue weighted by Gasteiger charge is -2.19. The molecule has 4 heteroatoms. The molecule has 0 aliphatic rings. The molecule has 0 saturated carbocycles. The van der Waals surface area contributed by atoms with E-state index in [4.69, 9.17) is 20.8 Å². The number of nitrogens with one attached hydrogen (secondary N) is 1. The predicted molar refractivity (Wildman–Crippen MR) is 72.2 cm³/mol. The molecule has 1 atom stereocenters. The molecule has 0 fully saturated rings. The molecule has 1 heterocycles. The molecule has 1 aromatic heterocycles. The van der Waals surface area contributed by atoms with E-state index in [0.717, 1.165) is 23.3 Å². The van der Waals surface area contributed by atoms with Crippen molar-refractivity contribution in [3.63, 3.8) is 0 Å². The van der Waals surface area contributed by atoms with E-state index in [0.29, 0.717) is 5.02 Å². The van der Waals surface area contributed by atoms with Gasteiger partial charge in [-0.25, -0.2) is 0 Å². The van der Waals surface area contributed by atoms with Gasteiger partial charge in [-0.15, -0.1) is 0 Å². The van der Waals surface area contributed by atoms with Crippen LogP contribution in [0.1, 0.15) is 17.2 Å². The largest absolute Gasteiger partial charge is 0.496 e. The van der Waals surface area contributed by atoms with Crippen molar-refractivity contribution in [3.05, 3.63) is 52.9 Å². The van der Waals surface area contributed by atoms with Gasteiger partial charge >= 0.3 is 0 Å². The Morgan fingerprint density at radius 3 is 2.83 bits per heavy atom. The minimum absolute atomic E-state index is 0.135. The van der Waals surface area contributed by atoms with E-state index in [9.17, 15) is 0 Å². The molecule has 0 spiro atoms. The molecule has 0 amide bonds. The van der Waals surface area contributed by atoms with Gasteiger partial charge in [0.1, 0.15) is 5.75 Å². The molecule has 3 nitrogen and oxygen atoms in total. The third kappa shape index (κ3) is 2.86. The zero-order valence-electron chi connectivity index (χ0n) is 10.4. The van der Waals surface area contributed by atoms with Crippen LogP contribution in [0.15, 0.2) is 41.2 Å². The average molecular weight is 266 g/mol. The van der Waals surface area contributed by atoms with Gasteiger partial charge in [0.25, 0.3) is 0 Å². The van der Waals surface area contributed by atoms with Gasteiger partial charge in [0, 0.05) is 16.6 Å². The zero-order chi connectivity index (χ0) is 13.0. The standard InChI is InChI=1S/C14H16ClNO2/c1-16-13(7-10-5-6-18-9-10)12-8-11(15)3-4-14(12)17-2/h3-6,8-9,13,16H,7H2,1-2H3. The van der Waals surface area contributed by atoms with Crippen molar-refractivity contribution >= 4 is 11.6 Å². The van der Waals surface area contributed by atoms with Gasteiger partial charge in [-0.05, 0) is 43.3 Å². The third-order valence-corrected chi connectivity index (χ3v) is 3.17. The summed E-state index contributed by atoms with van der Waals surface area (Å²) in [6.45, 7) is 0. The van der Waals surface area contributed by atoms with E-state index in [1.165, 1.54) is 0 Å². The Bertz CT molecular complexity index is 497. The number of halogens is 1. The fraction of sp³-hybridized carbons (Fsp3) is 0.286. The van der Waals surface area contributed by atoms with Crippen LogP contribution in [0.25, 0.3) is 0 Å². The maximum atomic E-state index is 6.05. The van der Waals surface area contributed by atoms with Crippen LogP contribution >= 0.6 is 11.6 Å². The van der Waals surface area contributed by atoms with Crippen LogP contribution in [0.4, 0.5) is 0 Å². The van der Waals surface area contributed by atoms with Gasteiger partial charge in [-0.1, -0.05) is 11.6 Å². The topological polar surface area (TPSA) is 34.4 Å². The summed E-state index contributed by atoms with van der Waals surface area (Å²) < 4.78 is 10.5. The molecule has 0 aliphatic carbocycles. The van der Waals surface area contributed by atoms with E-state index in [-0.39, 0.29) is 6.04 Å². The van der Waals surface area contributed by atoms with Gasteiger partial charge in [0.2, 0.25) is 0 Å². The number of hydrogen-bond donors (Lipinski definition) is 1. The van der Waals surface area contributed by atoms with E-state index in [1.807, 2.05) is 31.3 Å². The van der Waals surface area contributed by atoms with Gasteiger partial charge < -0.3 is 14.5 Å². The van der Waals surface area contributed by atoms with Crippen molar-refractivity contribution in [1.82, 2.24) is 5.32 Å². The molecular formula is C14H16ClNO2. The van der Waals surface area contributed by atoms with Crippen molar-refractivity contribution in [2.24, 2.45) is 0 Å². The fourth-order valence-corrected chi connectivity index (χ4v) is 2.17. The molecule has 0 radical (unpaired) electrons. The monoisotopic (exact) mass is 265 g/mol. The van der Waals surface area contributed by atoms with E-state index in [2.05, 4.69) is 5.32 Å². The van der Waals surface area contributed by atoms with Crippen molar-refractivity contribution in [2.45, 2.75) is 12.5 Å². The normalized spacial score (nSPS) is 12.4. The smallest absolute Gasteiger partial charge is 0.123 e. The maximum absolute atomic E-state index is 6.05. The first kappa shape index (κ1) is 13.0. The number of furan rings is 1. The quantitative estimate of drug-likeness (QED) is 0.899. The first-order valence-corrected chi connectivity index (χ1v) is 6.14. The molecule has 0 aliphatic heterocycles. The number of ether oxygens (including phenoxy) is 1. The summed E-state index contributed by atoms with van der Waals surface area (Å²) in [5.41, 5.74) is 2.19. The molecular weight excluding hydrogens is 250 g/mol. The van der Waals surface area contributed by atoms with Crippen molar-refractivity contribution in [3.8, 4) is 5.75 Å². The van der Waals surface area contributed by atoms with Crippen molar-refractivity contribution in [2.75, 3.05) is 14.2 Å². The predicted octanol–water partition coefficient (Wildman–Crippen LogP) is 3.44. The summed E-state index contributed by atoms with van der Waals surface area (Å²) >= 11 is 6.05. The third-order valence-electron chi connectivity index (χ3n) is 2.94. The Hall–Kier alpha value is -1.45. The van der Waals surface area contributed by atoms with E-state index >= 15 is 0 Å². The first-order valence-electron chi connectivity index (χ1n) is 5.76. The molecule has 96 valence electrons. The summed E-state index contributed by atoms with van der Waals surface area (Å²) in [6.07, 6.45) is 4.25. The number of benzene rings is 1. The second-order valence-electron chi connectivity index (χ2n) is 4.06. The van der Waals surface area contributed by atoms with Gasteiger partial charge in [-0.2, -0.15) is 0 Å². The lowest BCUT2D eigenvalue weighted by atomic mass is 10.00. The summed E-state index contributed by atoms with van der Waals surface area (Å²) in [5.74, 6) is 0.835. The van der Waals surface area contributed by atoms with Gasteiger partial charge in [0.15, 0.2) is 0 Å². The molecule has 2 aromatic rings. The van der Waals surface area contributed by atoms with Crippen LogP contribution in [0.2, 0.25) is 5.02 Å². The van der Waals surface area contributed by atoms with Crippen LogP contribution in [0.3, 0.4) is 0 Å². The van der Waals surface area contributed by atoms with Crippen LogP contribution in [-0.4, -0.2) is 14.2 Å². The van der Waals surface area contributed by atoms with E-state index < -0.39 is 0 Å². The summed E-state index contributed by atoms with van der Waals surface area (Å²) in [5, 5.41) is 3.98. The highest BCUT2D eigenvalue weighted by atomic mass is 35.5. The molecule has 1 unspecified atom stereocenters. The van der Waals surface area contributed by atoms with E-state index in [1.54, 1.807) is 19.6 Å². The Kier molecular flexibility index (Phi) is 4.28. The molecule has 0 saturated heterocycles. The summed E-state index contributed by atoms with van der Waals surface area (Å²) in [6, 6.07) is 7.74. The number of hydrogen-bond acceptors (Lipinski definition) is 3. The second-order valence-corrected chi connectivity index (χ2v) is 4.50. The summed E-state index contributed by atoms with van der Waals surface area (Å²) in [7, 11) is 3.59. The second kappa shape index (κ2) is 5.94. The number of rotatable bonds is 5. The Morgan fingerprint density at radius 1 is 1.39 bits per heavy atom. The lowest BCUT2D eigenvalue weighted by Crippen LogP contribution is -2.19. The Balaban J connectivity index is 2.28. The van der Waals surface area contributed by atoms with Gasteiger partial charge in [0.05, 0.1) is 19.6 Å². The summed E-state index contributed by atoms with van der Waals surface area (Å²) in [4.78, 5) is 0. The minimum Gasteiger partial charge on any atom is -0.496 e. The average Bonchev–Trinajstić information content (AvgIpc) is 2.88. The van der Waals surface area contributed by atoms with Crippen LogP contribution in [0, 0.1) is 0 Å². The van der Waals surface area contributed by atoms with Crippen molar-refractivity contribution in [1.29, 1.82) is 0 Å². The highest BCUT2D eigenvalue weighted by molar-refractivity contribution is 6.30. The van der Waals surface area contributed by atoms with Crippen molar-refractivity contribution < 1.29 is 9.15 Å². The highest BCUT2D eigenvalue weighted by Crippen LogP contribution is 2.30. The van der Waals surface area contributed by atoms with Gasteiger partial charge in [-0.3, -0.25) is 0 Å². The first-order chi connectivity index (χ1) is 8.74. The fourth-order valence-electron chi connectivity index (χ4n) is 1.99. The molecule has 1 aromatic carbocycles. The highest BCUT2D eigenvalue weighted by Gasteiger charge is 2.16. The Labute approximate surface area is 112 Å². The van der Waals surface area contributed by atoms with Crippen LogP contribution in [0.5, 0.6) is 5.75 Å². The van der Waals surface area contributed by atoms with Crippen LogP contribution in [-0.2, 0) is 6.42 Å². The number of methoxy groups -OCH3 is 1. The Morgan fingerprint density at radius 2 is 2.22 bits per heavy atom. The SMILES string of the molecule is CNC(Cc1ccoc1)c1cc(Cl)ccc1OC. The molecule has 2 rings (SSSR count). The number of likely N-dealkylation sites (N-methyl/N-ethyl adjacent to an activating group) is 1. The zero-order valence-corrected chi connectivity index (χ0v) is 11.2. The lowest BCUT2D eigenvalue weighted by molar-refractivity contribution is 0.401. The molecule has 18 heavy (non-hydrogen) atoms. The van der Waals surface area contributed by atoms with Crippen LogP contribution < -0.4 is 10.1 Å². The molecule has 1 N–H and O–H groups in total.